The number of aromatic nitrogens is 4. The van der Waals surface area contributed by atoms with Crippen LogP contribution in [0, 0.1) is 19.8 Å². The maximum absolute atomic E-state index is 9.06. The van der Waals surface area contributed by atoms with Crippen molar-refractivity contribution in [1.82, 2.24) is 19.6 Å². The molecule has 2 heterocycles. The van der Waals surface area contributed by atoms with E-state index in [2.05, 4.69) is 29.4 Å². The molecule has 0 aliphatic heterocycles. The van der Waals surface area contributed by atoms with Crippen molar-refractivity contribution in [3.63, 3.8) is 0 Å². The molecule has 21 heavy (non-hydrogen) atoms. The van der Waals surface area contributed by atoms with E-state index in [1.807, 2.05) is 35.5 Å². The Balaban J connectivity index is 2.08. The third kappa shape index (κ3) is 3.64. The van der Waals surface area contributed by atoms with Crippen LogP contribution in [0.1, 0.15) is 30.8 Å². The first kappa shape index (κ1) is 15.6. The van der Waals surface area contributed by atoms with Gasteiger partial charge in [0.1, 0.15) is 5.82 Å². The van der Waals surface area contributed by atoms with Crippen LogP contribution in [0.3, 0.4) is 0 Å². The molecule has 0 radical (unpaired) electrons. The highest BCUT2D eigenvalue weighted by molar-refractivity contribution is 5.37. The number of hydrogen-bond acceptors (Lipinski definition) is 4. The summed E-state index contributed by atoms with van der Waals surface area (Å²) in [6, 6.07) is 1.99. The van der Waals surface area contributed by atoms with E-state index in [1.165, 1.54) is 5.56 Å². The highest BCUT2D eigenvalue weighted by Crippen LogP contribution is 2.16. The molecule has 0 aliphatic carbocycles. The molecule has 2 rings (SSSR count). The van der Waals surface area contributed by atoms with E-state index in [1.54, 1.807) is 0 Å². The molecule has 2 N–H and O–H groups in total. The fraction of sp³-hybridized carbons (Fsp3) is 0.600. The van der Waals surface area contributed by atoms with Gasteiger partial charge in [0.05, 0.1) is 25.0 Å². The smallest absolute Gasteiger partial charge is 0.124 e. The second kappa shape index (κ2) is 6.76. The van der Waals surface area contributed by atoms with Crippen molar-refractivity contribution >= 4 is 5.82 Å². The summed E-state index contributed by atoms with van der Waals surface area (Å²) in [4.78, 5) is 0. The Labute approximate surface area is 125 Å². The van der Waals surface area contributed by atoms with E-state index < -0.39 is 0 Å². The molecule has 2 aromatic heterocycles. The van der Waals surface area contributed by atoms with Gasteiger partial charge in [-0.2, -0.15) is 10.2 Å². The zero-order valence-corrected chi connectivity index (χ0v) is 13.3. The molecule has 6 heteroatoms. The lowest BCUT2D eigenvalue weighted by Gasteiger charge is -2.12. The molecule has 0 saturated heterocycles. The average Bonchev–Trinajstić information content (AvgIpc) is 2.94. The largest absolute Gasteiger partial charge is 0.394 e. The Bertz CT molecular complexity index is 585. The fourth-order valence-electron chi connectivity index (χ4n) is 2.46. The number of aliphatic hydroxyl groups excluding tert-OH is 1. The highest BCUT2D eigenvalue weighted by Gasteiger charge is 2.12. The number of hydrogen-bond donors (Lipinski definition) is 2. The van der Waals surface area contributed by atoms with Gasteiger partial charge in [0.25, 0.3) is 0 Å². The van der Waals surface area contributed by atoms with Gasteiger partial charge in [0.15, 0.2) is 0 Å². The first-order valence-corrected chi connectivity index (χ1v) is 7.42. The Morgan fingerprint density at radius 1 is 1.29 bits per heavy atom. The minimum atomic E-state index is 0.107. The number of anilines is 1. The van der Waals surface area contributed by atoms with Gasteiger partial charge in [0, 0.05) is 30.4 Å². The molecule has 0 unspecified atom stereocenters. The number of aryl methyl sites for hydroxylation is 1. The van der Waals surface area contributed by atoms with Crippen LogP contribution in [0.25, 0.3) is 0 Å². The standard InChI is InChI=1S/C15H25N5O/c1-11(2)10-20-15(5-6-17-20)16-9-14-12(3)18-19(7-8-21)13(14)4/h5-6,11,16,21H,7-10H2,1-4H3. The van der Waals surface area contributed by atoms with Gasteiger partial charge in [-0.25, -0.2) is 4.68 Å². The molecule has 0 bridgehead atoms. The molecule has 0 aliphatic rings. The molecular weight excluding hydrogens is 266 g/mol. The van der Waals surface area contributed by atoms with E-state index in [-0.39, 0.29) is 6.61 Å². The summed E-state index contributed by atoms with van der Waals surface area (Å²) in [5.41, 5.74) is 3.29. The van der Waals surface area contributed by atoms with Gasteiger partial charge in [-0.15, -0.1) is 0 Å². The second-order valence-corrected chi connectivity index (χ2v) is 5.74. The summed E-state index contributed by atoms with van der Waals surface area (Å²) in [5.74, 6) is 1.58. The monoisotopic (exact) mass is 291 g/mol. The van der Waals surface area contributed by atoms with E-state index >= 15 is 0 Å². The lowest BCUT2D eigenvalue weighted by atomic mass is 10.2. The van der Waals surface area contributed by atoms with Crippen LogP contribution < -0.4 is 5.32 Å². The van der Waals surface area contributed by atoms with E-state index in [0.717, 1.165) is 23.8 Å². The van der Waals surface area contributed by atoms with Crippen LogP contribution in [0.4, 0.5) is 5.82 Å². The van der Waals surface area contributed by atoms with Crippen LogP contribution >= 0.6 is 0 Å². The molecule has 0 spiro atoms. The van der Waals surface area contributed by atoms with Crippen molar-refractivity contribution in [2.24, 2.45) is 5.92 Å². The summed E-state index contributed by atoms with van der Waals surface area (Å²) < 4.78 is 3.85. The van der Waals surface area contributed by atoms with Crippen molar-refractivity contribution in [3.8, 4) is 0 Å². The minimum Gasteiger partial charge on any atom is -0.394 e. The molecule has 0 aromatic carbocycles. The molecular formula is C15H25N5O. The number of rotatable bonds is 7. The van der Waals surface area contributed by atoms with E-state index in [0.29, 0.717) is 19.0 Å². The fourth-order valence-corrected chi connectivity index (χ4v) is 2.46. The van der Waals surface area contributed by atoms with Crippen molar-refractivity contribution in [1.29, 1.82) is 0 Å². The van der Waals surface area contributed by atoms with Crippen LogP contribution in [0.2, 0.25) is 0 Å². The van der Waals surface area contributed by atoms with Gasteiger partial charge < -0.3 is 10.4 Å². The van der Waals surface area contributed by atoms with Crippen LogP contribution in [0.5, 0.6) is 0 Å². The van der Waals surface area contributed by atoms with Gasteiger partial charge in [-0.3, -0.25) is 4.68 Å². The third-order valence-corrected chi connectivity index (χ3v) is 3.54. The molecule has 6 nitrogen and oxygen atoms in total. The molecule has 2 aromatic rings. The summed E-state index contributed by atoms with van der Waals surface area (Å²) >= 11 is 0. The van der Waals surface area contributed by atoms with E-state index in [9.17, 15) is 0 Å². The first-order valence-electron chi connectivity index (χ1n) is 7.42. The summed E-state index contributed by atoms with van der Waals surface area (Å²) in [6.07, 6.45) is 1.82. The van der Waals surface area contributed by atoms with Crippen molar-refractivity contribution in [2.75, 3.05) is 11.9 Å². The predicted octanol–water partition coefficient (Wildman–Crippen LogP) is 1.96. The van der Waals surface area contributed by atoms with Crippen molar-refractivity contribution in [2.45, 2.75) is 47.3 Å². The van der Waals surface area contributed by atoms with Gasteiger partial charge in [0.2, 0.25) is 0 Å². The van der Waals surface area contributed by atoms with Crippen molar-refractivity contribution < 1.29 is 5.11 Å². The van der Waals surface area contributed by atoms with Crippen LogP contribution in [-0.2, 0) is 19.6 Å². The Kier molecular flexibility index (Phi) is 5.01. The Hall–Kier alpha value is -1.82. The lowest BCUT2D eigenvalue weighted by Crippen LogP contribution is -2.12. The first-order chi connectivity index (χ1) is 10.0. The van der Waals surface area contributed by atoms with Gasteiger partial charge in [-0.1, -0.05) is 13.8 Å². The SMILES string of the molecule is Cc1nn(CCO)c(C)c1CNc1ccnn1CC(C)C. The number of nitrogens with one attached hydrogen (secondary N) is 1. The summed E-state index contributed by atoms with van der Waals surface area (Å²) in [6.45, 7) is 10.7. The minimum absolute atomic E-state index is 0.107. The number of aliphatic hydroxyl groups is 1. The highest BCUT2D eigenvalue weighted by atomic mass is 16.3. The van der Waals surface area contributed by atoms with Gasteiger partial charge >= 0.3 is 0 Å². The van der Waals surface area contributed by atoms with Gasteiger partial charge in [-0.05, 0) is 19.8 Å². The maximum Gasteiger partial charge on any atom is 0.124 e. The number of nitrogens with zero attached hydrogens (tertiary/aromatic N) is 4. The summed E-state index contributed by atoms with van der Waals surface area (Å²) in [7, 11) is 0. The predicted molar refractivity (Wildman–Crippen MR) is 83.2 cm³/mol. The lowest BCUT2D eigenvalue weighted by molar-refractivity contribution is 0.268. The molecule has 0 amide bonds. The van der Waals surface area contributed by atoms with Crippen LogP contribution in [-0.4, -0.2) is 31.3 Å². The second-order valence-electron chi connectivity index (χ2n) is 5.74. The topological polar surface area (TPSA) is 67.9 Å². The van der Waals surface area contributed by atoms with E-state index in [4.69, 9.17) is 5.11 Å². The Morgan fingerprint density at radius 2 is 2.05 bits per heavy atom. The maximum atomic E-state index is 9.06. The zero-order chi connectivity index (χ0) is 15.4. The molecule has 0 fully saturated rings. The van der Waals surface area contributed by atoms with Crippen molar-refractivity contribution in [3.05, 3.63) is 29.2 Å². The average molecular weight is 291 g/mol. The molecule has 0 saturated carbocycles. The zero-order valence-electron chi connectivity index (χ0n) is 13.3. The third-order valence-electron chi connectivity index (χ3n) is 3.54. The molecule has 116 valence electrons. The molecule has 0 atom stereocenters. The quantitative estimate of drug-likeness (QED) is 0.818. The normalized spacial score (nSPS) is 11.3. The summed E-state index contributed by atoms with van der Waals surface area (Å²) in [5, 5.41) is 21.3. The van der Waals surface area contributed by atoms with Crippen LogP contribution in [0.15, 0.2) is 12.3 Å². The Morgan fingerprint density at radius 3 is 2.71 bits per heavy atom.